The Morgan fingerprint density at radius 2 is 1.63 bits per heavy atom. The second-order valence-electron chi connectivity index (χ2n) is 8.11. The molecular formula is C22H19NO7. The third-order valence-corrected chi connectivity index (χ3v) is 6.45. The van der Waals surface area contributed by atoms with Gasteiger partial charge in [-0.25, -0.2) is 14.4 Å². The van der Waals surface area contributed by atoms with E-state index >= 15 is 0 Å². The van der Waals surface area contributed by atoms with E-state index in [-0.39, 0.29) is 58.8 Å². The van der Waals surface area contributed by atoms with Crippen molar-refractivity contribution in [3.05, 3.63) is 47.0 Å². The summed E-state index contributed by atoms with van der Waals surface area (Å²) in [5.41, 5.74) is 0.334. The number of allylic oxidation sites excluding steroid dienone is 2. The number of hydrogen-bond acceptors (Lipinski definition) is 7. The van der Waals surface area contributed by atoms with Crippen LogP contribution in [0.15, 0.2) is 30.4 Å². The third kappa shape index (κ3) is 2.78. The number of ether oxygens (including phenoxy) is 2. The first-order valence-electron chi connectivity index (χ1n) is 10.1. The molecule has 4 atom stereocenters. The normalized spacial score (nSPS) is 28.2. The lowest BCUT2D eigenvalue weighted by atomic mass is 9.85. The van der Waals surface area contributed by atoms with Crippen LogP contribution >= 0.6 is 0 Å². The van der Waals surface area contributed by atoms with Crippen molar-refractivity contribution in [1.29, 1.82) is 0 Å². The van der Waals surface area contributed by atoms with Crippen LogP contribution in [0.4, 0.5) is 0 Å². The van der Waals surface area contributed by atoms with E-state index in [2.05, 4.69) is 16.9 Å². The van der Waals surface area contributed by atoms with Crippen LogP contribution in [0.3, 0.4) is 0 Å². The monoisotopic (exact) mass is 409 g/mol. The summed E-state index contributed by atoms with van der Waals surface area (Å²) in [5, 5.41) is 0. The standard InChI is InChI=1S/C22H19NO7/c24-18-16-11-3-4-12(9-11)17(16)19(25)23(18)7-1-2-8-29-20(26)13-5-6-14-15(10-13)22(28)30-21(14)27/h3-6,10-12,16-17H,1-2,7-9H2. The number of carbonyl (C=O) groups is 5. The number of nitrogens with zero attached hydrogens (tertiary/aromatic N) is 1. The number of unbranched alkanes of at least 4 members (excludes halogenated alkanes) is 1. The van der Waals surface area contributed by atoms with E-state index < -0.39 is 17.9 Å². The van der Waals surface area contributed by atoms with Crippen molar-refractivity contribution in [3.8, 4) is 0 Å². The molecule has 30 heavy (non-hydrogen) atoms. The van der Waals surface area contributed by atoms with E-state index in [0.29, 0.717) is 19.4 Å². The summed E-state index contributed by atoms with van der Waals surface area (Å²) < 4.78 is 9.71. The Labute approximate surface area is 171 Å². The maximum Gasteiger partial charge on any atom is 0.346 e. The first-order chi connectivity index (χ1) is 14.5. The van der Waals surface area contributed by atoms with Crippen LogP contribution in [-0.2, 0) is 19.1 Å². The van der Waals surface area contributed by atoms with Gasteiger partial charge in [-0.3, -0.25) is 14.5 Å². The topological polar surface area (TPSA) is 107 Å². The molecule has 0 radical (unpaired) electrons. The molecule has 4 aliphatic rings. The van der Waals surface area contributed by atoms with Gasteiger partial charge in [-0.15, -0.1) is 0 Å². The van der Waals surface area contributed by atoms with E-state index in [9.17, 15) is 24.0 Å². The predicted octanol–water partition coefficient (Wildman–Crippen LogP) is 1.74. The number of cyclic esters (lactones) is 2. The number of carbonyl (C=O) groups excluding carboxylic acids is 5. The van der Waals surface area contributed by atoms with E-state index in [1.165, 1.54) is 23.1 Å². The van der Waals surface area contributed by atoms with E-state index in [0.717, 1.165) is 6.42 Å². The van der Waals surface area contributed by atoms with E-state index in [1.54, 1.807) is 0 Å². The number of likely N-dealkylation sites (tertiary alicyclic amines) is 1. The Balaban J connectivity index is 1.10. The second-order valence-corrected chi connectivity index (χ2v) is 8.11. The molecule has 154 valence electrons. The molecule has 2 fully saturated rings. The average molecular weight is 409 g/mol. The zero-order valence-electron chi connectivity index (χ0n) is 16.0. The maximum atomic E-state index is 12.6. The van der Waals surface area contributed by atoms with Crippen molar-refractivity contribution in [2.75, 3.05) is 13.2 Å². The first kappa shape index (κ1) is 18.7. The molecule has 8 nitrogen and oxygen atoms in total. The highest BCUT2D eigenvalue weighted by Gasteiger charge is 2.58. The highest BCUT2D eigenvalue weighted by Crippen LogP contribution is 2.52. The van der Waals surface area contributed by atoms with Gasteiger partial charge in [0.15, 0.2) is 0 Å². The summed E-state index contributed by atoms with van der Waals surface area (Å²) in [4.78, 5) is 61.8. The number of rotatable bonds is 6. The molecule has 1 aromatic rings. The Morgan fingerprint density at radius 3 is 2.33 bits per heavy atom. The molecule has 1 saturated heterocycles. The fourth-order valence-corrected chi connectivity index (χ4v) is 5.02. The minimum Gasteiger partial charge on any atom is -0.462 e. The van der Waals surface area contributed by atoms with Crippen LogP contribution in [0.2, 0.25) is 0 Å². The number of amides is 2. The van der Waals surface area contributed by atoms with Crippen LogP contribution in [0, 0.1) is 23.7 Å². The molecule has 1 aromatic carbocycles. The van der Waals surface area contributed by atoms with Gasteiger partial charge >= 0.3 is 17.9 Å². The Kier molecular flexibility index (Phi) is 4.30. The molecule has 1 saturated carbocycles. The van der Waals surface area contributed by atoms with Gasteiger partial charge in [0.1, 0.15) is 0 Å². The van der Waals surface area contributed by atoms with Crippen LogP contribution in [0.5, 0.6) is 0 Å². The number of fused-ring (bicyclic) bond motifs is 6. The molecule has 4 unspecified atom stereocenters. The van der Waals surface area contributed by atoms with Crippen molar-refractivity contribution in [1.82, 2.24) is 4.90 Å². The molecule has 0 aromatic heterocycles. The van der Waals surface area contributed by atoms with Gasteiger partial charge < -0.3 is 9.47 Å². The largest absolute Gasteiger partial charge is 0.462 e. The lowest BCUT2D eigenvalue weighted by Gasteiger charge is -2.17. The van der Waals surface area contributed by atoms with Crippen molar-refractivity contribution >= 4 is 29.7 Å². The molecular weight excluding hydrogens is 390 g/mol. The maximum absolute atomic E-state index is 12.6. The summed E-state index contributed by atoms with van der Waals surface area (Å²) in [6.45, 7) is 0.448. The van der Waals surface area contributed by atoms with Crippen molar-refractivity contribution in [2.24, 2.45) is 23.7 Å². The highest BCUT2D eigenvalue weighted by molar-refractivity contribution is 6.15. The molecule has 0 spiro atoms. The number of esters is 3. The number of benzene rings is 1. The summed E-state index contributed by atoms with van der Waals surface area (Å²) in [6, 6.07) is 4.06. The van der Waals surface area contributed by atoms with Gasteiger partial charge in [0.2, 0.25) is 11.8 Å². The highest BCUT2D eigenvalue weighted by atomic mass is 16.6. The van der Waals surface area contributed by atoms with Gasteiger partial charge in [-0.2, -0.15) is 0 Å². The molecule has 2 heterocycles. The second kappa shape index (κ2) is 6.90. The van der Waals surface area contributed by atoms with Crippen molar-refractivity contribution in [2.45, 2.75) is 19.3 Å². The molecule has 0 N–H and O–H groups in total. The fraction of sp³-hybridized carbons (Fsp3) is 0.409. The summed E-state index contributed by atoms with van der Waals surface area (Å²) in [7, 11) is 0. The van der Waals surface area contributed by atoms with Gasteiger partial charge in [-0.05, 0) is 49.3 Å². The summed E-state index contributed by atoms with van der Waals surface area (Å²) in [6.07, 6.45) is 6.07. The number of imide groups is 1. The molecule has 2 aliphatic carbocycles. The number of hydrogen-bond donors (Lipinski definition) is 0. The smallest absolute Gasteiger partial charge is 0.346 e. The van der Waals surface area contributed by atoms with Gasteiger partial charge in [-0.1, -0.05) is 12.2 Å². The Hall–Kier alpha value is -3.29. The quantitative estimate of drug-likeness (QED) is 0.232. The minimum atomic E-state index is -0.780. The molecule has 5 rings (SSSR count). The van der Waals surface area contributed by atoms with Crippen molar-refractivity contribution in [3.63, 3.8) is 0 Å². The SMILES string of the molecule is O=C(OCCCCN1C(=O)C2C3C=CC(C3)C2C1=O)c1ccc2c(c1)C(=O)OC2=O. The Morgan fingerprint density at radius 1 is 0.967 bits per heavy atom. The van der Waals surface area contributed by atoms with E-state index in [4.69, 9.17) is 4.74 Å². The van der Waals surface area contributed by atoms with Crippen molar-refractivity contribution < 1.29 is 33.4 Å². The summed E-state index contributed by atoms with van der Waals surface area (Å²) >= 11 is 0. The van der Waals surface area contributed by atoms with Crippen LogP contribution in [-0.4, -0.2) is 47.8 Å². The Bertz CT molecular complexity index is 996. The van der Waals surface area contributed by atoms with E-state index in [1.807, 2.05) is 0 Å². The van der Waals surface area contributed by atoms with Gasteiger partial charge in [0.05, 0.1) is 35.1 Å². The molecule has 2 aliphatic heterocycles. The molecule has 2 amide bonds. The minimum absolute atomic E-state index is 0.0505. The first-order valence-corrected chi connectivity index (χ1v) is 10.1. The van der Waals surface area contributed by atoms with Crippen LogP contribution in [0.1, 0.15) is 50.3 Å². The lowest BCUT2D eigenvalue weighted by Crippen LogP contribution is -2.33. The fourth-order valence-electron chi connectivity index (χ4n) is 5.02. The average Bonchev–Trinajstić information content (AvgIpc) is 3.47. The predicted molar refractivity (Wildman–Crippen MR) is 100 cm³/mol. The van der Waals surface area contributed by atoms with Gasteiger partial charge in [0.25, 0.3) is 0 Å². The third-order valence-electron chi connectivity index (χ3n) is 6.45. The zero-order chi connectivity index (χ0) is 21.0. The van der Waals surface area contributed by atoms with Gasteiger partial charge in [0, 0.05) is 6.54 Å². The van der Waals surface area contributed by atoms with Crippen LogP contribution in [0.25, 0.3) is 0 Å². The summed E-state index contributed by atoms with van der Waals surface area (Å²) in [5.74, 6) is -2.25. The molecule has 8 heteroatoms. The van der Waals surface area contributed by atoms with Crippen LogP contribution < -0.4 is 0 Å². The zero-order valence-corrected chi connectivity index (χ0v) is 16.0. The molecule has 2 bridgehead atoms. The lowest BCUT2D eigenvalue weighted by molar-refractivity contribution is -0.140.